The minimum atomic E-state index is -1.35. The van der Waals surface area contributed by atoms with E-state index < -0.39 is 54.5 Å². The Balaban J connectivity index is 2.13. The number of carboxylic acids is 1. The van der Waals surface area contributed by atoms with Gasteiger partial charge in [-0.25, -0.2) is 9.78 Å². The quantitative estimate of drug-likeness (QED) is 0.172. The molecule has 4 atom stereocenters. The summed E-state index contributed by atoms with van der Waals surface area (Å²) in [6, 6.07) is 4.10. The summed E-state index contributed by atoms with van der Waals surface area (Å²) >= 11 is 0. The number of benzene rings is 1. The molecule has 4 unspecified atom stereocenters. The number of aromatic amines is 1. The Morgan fingerprint density at radius 2 is 1.56 bits per heavy atom. The topological polar surface area (TPSA) is 200 Å². The number of aromatic nitrogens is 2. The van der Waals surface area contributed by atoms with Crippen LogP contribution in [0.5, 0.6) is 0 Å². The fourth-order valence-corrected chi connectivity index (χ4v) is 3.51. The van der Waals surface area contributed by atoms with Crippen molar-refractivity contribution < 1.29 is 29.4 Å². The molecule has 1 aromatic carbocycles. The second kappa shape index (κ2) is 14.0. The van der Waals surface area contributed by atoms with Gasteiger partial charge >= 0.3 is 5.97 Å². The van der Waals surface area contributed by atoms with Gasteiger partial charge in [0.25, 0.3) is 0 Å². The van der Waals surface area contributed by atoms with Gasteiger partial charge in [0.15, 0.2) is 0 Å². The van der Waals surface area contributed by atoms with Gasteiger partial charge in [-0.05, 0) is 17.9 Å². The number of imidazole rings is 1. The molecule has 2 rings (SSSR count). The highest BCUT2D eigenvalue weighted by Gasteiger charge is 2.30. The summed E-state index contributed by atoms with van der Waals surface area (Å²) in [5, 5.41) is 26.7. The monoisotopic (exact) mass is 502 g/mol. The van der Waals surface area contributed by atoms with Gasteiger partial charge in [0, 0.05) is 24.7 Å². The summed E-state index contributed by atoms with van der Waals surface area (Å²) in [4.78, 5) is 56.8. The van der Waals surface area contributed by atoms with Crippen molar-refractivity contribution in [1.82, 2.24) is 25.9 Å². The first kappa shape index (κ1) is 28.5. The minimum Gasteiger partial charge on any atom is -0.480 e. The van der Waals surface area contributed by atoms with Crippen LogP contribution in [0.2, 0.25) is 0 Å². The van der Waals surface area contributed by atoms with Crippen molar-refractivity contribution in [3.05, 3.63) is 54.1 Å². The molecule has 0 aliphatic heterocycles. The van der Waals surface area contributed by atoms with Crippen LogP contribution in [0.3, 0.4) is 0 Å². The van der Waals surface area contributed by atoms with E-state index in [2.05, 4.69) is 25.9 Å². The highest BCUT2D eigenvalue weighted by atomic mass is 16.4. The second-order valence-electron chi connectivity index (χ2n) is 8.91. The molecule has 0 radical (unpaired) electrons. The normalized spacial score (nSPS) is 14.4. The Morgan fingerprint density at radius 3 is 2.11 bits per heavy atom. The smallest absolute Gasteiger partial charge is 0.326 e. The zero-order chi connectivity index (χ0) is 26.7. The van der Waals surface area contributed by atoms with Crippen molar-refractivity contribution in [2.75, 3.05) is 6.61 Å². The zero-order valence-electron chi connectivity index (χ0n) is 20.3. The van der Waals surface area contributed by atoms with Crippen LogP contribution in [0.25, 0.3) is 0 Å². The third kappa shape index (κ3) is 9.12. The summed E-state index contributed by atoms with van der Waals surface area (Å²) in [6.45, 7) is 3.06. The first-order valence-corrected chi connectivity index (χ1v) is 11.6. The molecule has 196 valence electrons. The largest absolute Gasteiger partial charge is 0.480 e. The van der Waals surface area contributed by atoms with E-state index in [9.17, 15) is 29.4 Å². The van der Waals surface area contributed by atoms with E-state index in [0.29, 0.717) is 17.7 Å². The van der Waals surface area contributed by atoms with Gasteiger partial charge in [-0.3, -0.25) is 14.4 Å². The molecule has 0 saturated carbocycles. The van der Waals surface area contributed by atoms with E-state index in [1.54, 1.807) is 30.3 Å². The molecule has 1 heterocycles. The Bertz CT molecular complexity index is 998. The minimum absolute atomic E-state index is 0.0335. The highest BCUT2D eigenvalue weighted by Crippen LogP contribution is 2.06. The number of nitrogens with one attached hydrogen (secondary N) is 4. The average Bonchev–Trinajstić information content (AvgIpc) is 3.34. The lowest BCUT2D eigenvalue weighted by Crippen LogP contribution is -2.58. The third-order valence-corrected chi connectivity index (χ3v) is 5.39. The maximum absolute atomic E-state index is 13.1. The summed E-state index contributed by atoms with van der Waals surface area (Å²) in [5.41, 5.74) is 7.07. The SMILES string of the molecule is CC(C)CC(N)C(=O)NC(CO)C(=O)NC(Cc1cnc[nH]1)C(=O)NC(Cc1ccccc1)C(=O)O. The van der Waals surface area contributed by atoms with Gasteiger partial charge < -0.3 is 36.9 Å². The van der Waals surface area contributed by atoms with Gasteiger partial charge in [0.05, 0.1) is 19.0 Å². The van der Waals surface area contributed by atoms with Gasteiger partial charge in [0.1, 0.15) is 18.1 Å². The molecule has 8 N–H and O–H groups in total. The second-order valence-corrected chi connectivity index (χ2v) is 8.91. The molecule has 0 aliphatic carbocycles. The Kier molecular flexibility index (Phi) is 11.0. The molecule has 0 saturated heterocycles. The van der Waals surface area contributed by atoms with E-state index in [1.165, 1.54) is 12.5 Å². The number of aliphatic hydroxyl groups excluding tert-OH is 1. The lowest BCUT2D eigenvalue weighted by molar-refractivity contribution is -0.142. The van der Waals surface area contributed by atoms with Crippen LogP contribution in [0, 0.1) is 5.92 Å². The number of amides is 3. The number of H-pyrrole nitrogens is 1. The van der Waals surface area contributed by atoms with Crippen molar-refractivity contribution in [3.8, 4) is 0 Å². The standard InChI is InChI=1S/C24H34N6O6/c1-14(2)8-17(25)21(32)30-20(12-31)23(34)28-18(10-16-11-26-13-27-16)22(33)29-19(24(35)36)9-15-6-4-3-5-7-15/h3-7,11,13-14,17-20,31H,8-10,12,25H2,1-2H3,(H,26,27)(H,28,34)(H,29,33)(H,30,32)(H,35,36). The maximum atomic E-state index is 13.1. The number of hydrogen-bond donors (Lipinski definition) is 7. The molecular formula is C24H34N6O6. The maximum Gasteiger partial charge on any atom is 0.326 e. The van der Waals surface area contributed by atoms with E-state index in [0.717, 1.165) is 0 Å². The number of hydrogen-bond acceptors (Lipinski definition) is 7. The fourth-order valence-electron chi connectivity index (χ4n) is 3.51. The molecule has 12 nitrogen and oxygen atoms in total. The molecule has 0 spiro atoms. The van der Waals surface area contributed by atoms with Gasteiger partial charge in [-0.15, -0.1) is 0 Å². The summed E-state index contributed by atoms with van der Waals surface area (Å²) in [5.74, 6) is -3.27. The van der Waals surface area contributed by atoms with Crippen LogP contribution in [0.15, 0.2) is 42.9 Å². The van der Waals surface area contributed by atoms with Crippen molar-refractivity contribution in [2.45, 2.75) is 57.3 Å². The van der Waals surface area contributed by atoms with Gasteiger partial charge in [0.2, 0.25) is 17.7 Å². The number of carboxylic acid groups (broad SMARTS) is 1. The molecular weight excluding hydrogens is 468 g/mol. The molecule has 12 heteroatoms. The van der Waals surface area contributed by atoms with Crippen molar-refractivity contribution in [1.29, 1.82) is 0 Å². The number of aliphatic hydroxyl groups is 1. The first-order chi connectivity index (χ1) is 17.1. The Hall–Kier alpha value is -3.77. The van der Waals surface area contributed by atoms with E-state index in [-0.39, 0.29) is 18.8 Å². The molecule has 3 amide bonds. The molecule has 0 fully saturated rings. The number of rotatable bonds is 14. The molecule has 0 aliphatic rings. The number of nitrogens with two attached hydrogens (primary N) is 1. The van der Waals surface area contributed by atoms with Crippen LogP contribution in [0.1, 0.15) is 31.5 Å². The van der Waals surface area contributed by atoms with E-state index in [1.807, 2.05) is 13.8 Å². The van der Waals surface area contributed by atoms with Crippen molar-refractivity contribution in [2.24, 2.45) is 11.7 Å². The third-order valence-electron chi connectivity index (χ3n) is 5.39. The average molecular weight is 503 g/mol. The van der Waals surface area contributed by atoms with Crippen molar-refractivity contribution in [3.63, 3.8) is 0 Å². The van der Waals surface area contributed by atoms with E-state index >= 15 is 0 Å². The molecule has 1 aromatic heterocycles. The van der Waals surface area contributed by atoms with E-state index in [4.69, 9.17) is 5.73 Å². The number of carbonyl (C=O) groups excluding carboxylic acids is 3. The van der Waals surface area contributed by atoms with Crippen LogP contribution < -0.4 is 21.7 Å². The van der Waals surface area contributed by atoms with Crippen LogP contribution >= 0.6 is 0 Å². The van der Waals surface area contributed by atoms with Gasteiger partial charge in [-0.1, -0.05) is 44.2 Å². The van der Waals surface area contributed by atoms with Crippen molar-refractivity contribution >= 4 is 23.7 Å². The van der Waals surface area contributed by atoms with Gasteiger partial charge in [-0.2, -0.15) is 0 Å². The summed E-state index contributed by atoms with van der Waals surface area (Å²) in [6.07, 6.45) is 3.24. The molecule has 2 aromatic rings. The Labute approximate surface area is 209 Å². The van der Waals surface area contributed by atoms with Crippen LogP contribution in [-0.2, 0) is 32.0 Å². The first-order valence-electron chi connectivity index (χ1n) is 11.6. The lowest BCUT2D eigenvalue weighted by atomic mass is 10.0. The van der Waals surface area contributed by atoms with Crippen LogP contribution in [-0.4, -0.2) is 74.6 Å². The molecule has 36 heavy (non-hydrogen) atoms. The Morgan fingerprint density at radius 1 is 0.944 bits per heavy atom. The summed E-state index contributed by atoms with van der Waals surface area (Å²) in [7, 11) is 0. The predicted octanol–water partition coefficient (Wildman–Crippen LogP) is -0.900. The predicted molar refractivity (Wildman–Crippen MR) is 130 cm³/mol. The number of carbonyl (C=O) groups is 4. The number of nitrogens with zero attached hydrogens (tertiary/aromatic N) is 1. The highest BCUT2D eigenvalue weighted by molar-refractivity contribution is 5.94. The molecule has 0 bridgehead atoms. The van der Waals surface area contributed by atoms with Crippen LogP contribution in [0.4, 0.5) is 0 Å². The number of aliphatic carboxylic acids is 1. The fraction of sp³-hybridized carbons (Fsp3) is 0.458. The lowest BCUT2D eigenvalue weighted by Gasteiger charge is -2.24. The summed E-state index contributed by atoms with van der Waals surface area (Å²) < 4.78 is 0. The zero-order valence-corrected chi connectivity index (χ0v) is 20.3.